The molecule has 0 heterocycles. The first-order valence-electron chi connectivity index (χ1n) is 6.13. The molecule has 2 nitrogen and oxygen atoms in total. The van der Waals surface area contributed by atoms with E-state index in [-0.39, 0.29) is 6.54 Å². The summed E-state index contributed by atoms with van der Waals surface area (Å²) in [5.41, 5.74) is 7.34. The Balaban J connectivity index is 2.14. The van der Waals surface area contributed by atoms with Gasteiger partial charge >= 0.3 is 6.18 Å². The average molecular weight is 337 g/mol. The van der Waals surface area contributed by atoms with Crippen molar-refractivity contribution in [3.63, 3.8) is 0 Å². The monoisotopic (exact) mass is 336 g/mol. The number of aryl methyl sites for hydroxylation is 1. The van der Waals surface area contributed by atoms with Gasteiger partial charge in [-0.3, -0.25) is 0 Å². The second kappa shape index (κ2) is 5.42. The molecule has 0 aliphatic heterocycles. The van der Waals surface area contributed by atoms with E-state index in [2.05, 4.69) is 21.2 Å². The van der Waals surface area contributed by atoms with Crippen LogP contribution < -0.4 is 11.1 Å². The molecule has 0 saturated heterocycles. The maximum absolute atomic E-state index is 12.4. The molecule has 1 aliphatic carbocycles. The van der Waals surface area contributed by atoms with Crippen LogP contribution in [0.15, 0.2) is 22.7 Å². The van der Waals surface area contributed by atoms with Crippen molar-refractivity contribution in [3.8, 4) is 0 Å². The summed E-state index contributed by atoms with van der Waals surface area (Å²) in [5, 5.41) is 2.62. The highest BCUT2D eigenvalue weighted by atomic mass is 79.9. The number of hydrogen-bond acceptors (Lipinski definition) is 2. The van der Waals surface area contributed by atoms with Crippen LogP contribution in [0.5, 0.6) is 0 Å². The Morgan fingerprint density at radius 3 is 2.68 bits per heavy atom. The maximum Gasteiger partial charge on any atom is 0.401 e. The highest BCUT2D eigenvalue weighted by Gasteiger charge is 2.37. The van der Waals surface area contributed by atoms with Gasteiger partial charge in [-0.25, -0.2) is 0 Å². The lowest BCUT2D eigenvalue weighted by atomic mass is 9.78. The lowest BCUT2D eigenvalue weighted by Gasteiger charge is -2.38. The molecule has 0 spiro atoms. The Kier molecular flexibility index (Phi) is 4.23. The van der Waals surface area contributed by atoms with Crippen LogP contribution in [0.3, 0.4) is 0 Å². The van der Waals surface area contributed by atoms with Crippen LogP contribution in [0.1, 0.15) is 17.5 Å². The fraction of sp³-hybridized carbons (Fsp3) is 0.538. The number of rotatable bonds is 3. The highest BCUT2D eigenvalue weighted by molar-refractivity contribution is 9.10. The van der Waals surface area contributed by atoms with E-state index >= 15 is 0 Å². The van der Waals surface area contributed by atoms with Gasteiger partial charge in [-0.2, -0.15) is 13.2 Å². The molecule has 2 rings (SSSR count). The zero-order valence-electron chi connectivity index (χ0n) is 10.4. The second-order valence-corrected chi connectivity index (χ2v) is 5.96. The van der Waals surface area contributed by atoms with Gasteiger partial charge in [0, 0.05) is 16.6 Å². The third-order valence-corrected chi connectivity index (χ3v) is 4.12. The molecule has 106 valence electrons. The molecular formula is C13H16BrF3N2. The lowest BCUT2D eigenvalue weighted by molar-refractivity contribution is -0.129. The first kappa shape index (κ1) is 14.8. The zero-order valence-corrected chi connectivity index (χ0v) is 11.9. The van der Waals surface area contributed by atoms with Crippen molar-refractivity contribution < 1.29 is 13.2 Å². The van der Waals surface area contributed by atoms with E-state index in [0.717, 1.165) is 16.5 Å². The maximum atomic E-state index is 12.4. The van der Waals surface area contributed by atoms with Crippen LogP contribution in [-0.4, -0.2) is 24.8 Å². The second-order valence-electron chi connectivity index (χ2n) is 5.04. The molecular weight excluding hydrogens is 321 g/mol. The zero-order chi connectivity index (χ0) is 14.1. The standard InChI is InChI=1S/C13H16BrF3N2/c14-11-2-1-10-6-12(7-18,4-3-9(10)5-11)19-8-13(15,16)17/h1-2,5,19H,3-4,6-8,18H2. The third kappa shape index (κ3) is 3.70. The van der Waals surface area contributed by atoms with E-state index in [1.807, 2.05) is 18.2 Å². The van der Waals surface area contributed by atoms with E-state index in [4.69, 9.17) is 5.73 Å². The summed E-state index contributed by atoms with van der Waals surface area (Å²) in [6, 6.07) is 5.90. The fourth-order valence-electron chi connectivity index (χ4n) is 2.51. The predicted octanol–water partition coefficient (Wildman–Crippen LogP) is 2.79. The van der Waals surface area contributed by atoms with Crippen molar-refractivity contribution in [1.29, 1.82) is 0 Å². The Labute approximate surface area is 118 Å². The van der Waals surface area contributed by atoms with E-state index in [1.165, 1.54) is 5.56 Å². The molecule has 1 atom stereocenters. The molecule has 0 fully saturated rings. The minimum absolute atomic E-state index is 0.207. The van der Waals surface area contributed by atoms with E-state index < -0.39 is 18.3 Å². The Morgan fingerprint density at radius 1 is 1.32 bits per heavy atom. The van der Waals surface area contributed by atoms with Crippen molar-refractivity contribution in [1.82, 2.24) is 5.32 Å². The molecule has 19 heavy (non-hydrogen) atoms. The summed E-state index contributed by atoms with van der Waals surface area (Å²) in [7, 11) is 0. The molecule has 1 aromatic rings. The highest BCUT2D eigenvalue weighted by Crippen LogP contribution is 2.30. The summed E-state index contributed by atoms with van der Waals surface area (Å²) in [6.07, 6.45) is -2.29. The van der Waals surface area contributed by atoms with Crippen molar-refractivity contribution in [2.75, 3.05) is 13.1 Å². The summed E-state index contributed by atoms with van der Waals surface area (Å²) in [4.78, 5) is 0. The fourth-order valence-corrected chi connectivity index (χ4v) is 2.92. The van der Waals surface area contributed by atoms with Crippen molar-refractivity contribution in [3.05, 3.63) is 33.8 Å². The normalized spacial score (nSPS) is 23.2. The van der Waals surface area contributed by atoms with Gasteiger partial charge < -0.3 is 11.1 Å². The van der Waals surface area contributed by atoms with Crippen molar-refractivity contribution in [2.24, 2.45) is 5.73 Å². The van der Waals surface area contributed by atoms with Crippen LogP contribution in [0, 0.1) is 0 Å². The quantitative estimate of drug-likeness (QED) is 0.890. The number of alkyl halides is 3. The number of hydrogen-bond donors (Lipinski definition) is 2. The number of benzene rings is 1. The number of halogens is 4. The third-order valence-electron chi connectivity index (χ3n) is 3.62. The first-order valence-corrected chi connectivity index (χ1v) is 6.92. The largest absolute Gasteiger partial charge is 0.401 e. The SMILES string of the molecule is NCC1(NCC(F)(F)F)CCc2cc(Br)ccc2C1. The molecule has 0 saturated carbocycles. The van der Waals surface area contributed by atoms with Gasteiger partial charge in [0.15, 0.2) is 0 Å². The van der Waals surface area contributed by atoms with Gasteiger partial charge in [0.05, 0.1) is 6.54 Å². The smallest absolute Gasteiger partial charge is 0.329 e. The van der Waals surface area contributed by atoms with E-state index in [1.54, 1.807) is 0 Å². The minimum Gasteiger partial charge on any atom is -0.329 e. The Morgan fingerprint density at radius 2 is 2.05 bits per heavy atom. The van der Waals surface area contributed by atoms with Gasteiger partial charge in [-0.15, -0.1) is 0 Å². The summed E-state index contributed by atoms with van der Waals surface area (Å²) >= 11 is 3.40. The first-order chi connectivity index (χ1) is 8.84. The van der Waals surface area contributed by atoms with Crippen molar-refractivity contribution in [2.45, 2.75) is 31.0 Å². The molecule has 1 aromatic carbocycles. The van der Waals surface area contributed by atoms with Gasteiger partial charge in [-0.1, -0.05) is 22.0 Å². The molecule has 6 heteroatoms. The molecule has 1 aliphatic rings. The summed E-state index contributed by atoms with van der Waals surface area (Å²) in [6.45, 7) is -0.783. The van der Waals surface area contributed by atoms with E-state index in [9.17, 15) is 13.2 Å². The van der Waals surface area contributed by atoms with Crippen LogP contribution in [0.4, 0.5) is 13.2 Å². The van der Waals surface area contributed by atoms with Crippen LogP contribution in [0.2, 0.25) is 0 Å². The lowest BCUT2D eigenvalue weighted by Crippen LogP contribution is -2.57. The van der Waals surface area contributed by atoms with Gasteiger partial charge in [0.25, 0.3) is 0 Å². The average Bonchev–Trinajstić information content (AvgIpc) is 2.35. The number of nitrogens with two attached hydrogens (primary N) is 1. The number of nitrogens with one attached hydrogen (secondary N) is 1. The van der Waals surface area contributed by atoms with Gasteiger partial charge in [0.1, 0.15) is 0 Å². The minimum atomic E-state index is -4.21. The molecule has 1 unspecified atom stereocenters. The molecule has 0 radical (unpaired) electrons. The van der Waals surface area contributed by atoms with Gasteiger partial charge in [-0.05, 0) is 42.5 Å². The van der Waals surface area contributed by atoms with Gasteiger partial charge in [0.2, 0.25) is 0 Å². The van der Waals surface area contributed by atoms with Crippen LogP contribution >= 0.6 is 15.9 Å². The van der Waals surface area contributed by atoms with E-state index in [0.29, 0.717) is 12.8 Å². The number of fused-ring (bicyclic) bond motifs is 1. The molecule has 0 amide bonds. The Hall–Kier alpha value is -0.590. The van der Waals surface area contributed by atoms with Crippen LogP contribution in [-0.2, 0) is 12.8 Å². The molecule has 0 bridgehead atoms. The summed E-state index contributed by atoms with van der Waals surface area (Å²) in [5.74, 6) is 0. The Bertz CT molecular complexity index is 462. The van der Waals surface area contributed by atoms with Crippen LogP contribution in [0.25, 0.3) is 0 Å². The molecule has 3 N–H and O–H groups in total. The predicted molar refractivity (Wildman–Crippen MR) is 72.0 cm³/mol. The van der Waals surface area contributed by atoms with Crippen molar-refractivity contribution >= 4 is 15.9 Å². The topological polar surface area (TPSA) is 38.0 Å². The summed E-state index contributed by atoms with van der Waals surface area (Å²) < 4.78 is 38.1. The molecule has 0 aromatic heterocycles.